The Morgan fingerprint density at radius 1 is 1.11 bits per heavy atom. The molecule has 0 radical (unpaired) electrons. The fraction of sp³-hybridized carbons (Fsp3) is 0.476. The van der Waals surface area contributed by atoms with Crippen LogP contribution in [0.1, 0.15) is 49.2 Å². The summed E-state index contributed by atoms with van der Waals surface area (Å²) in [4.78, 5) is 25.4. The molecule has 3 rings (SSSR count). The van der Waals surface area contributed by atoms with Gasteiger partial charge in [0.15, 0.2) is 0 Å². The van der Waals surface area contributed by atoms with Crippen molar-refractivity contribution in [1.29, 1.82) is 0 Å². The number of aryl methyl sites for hydroxylation is 1. The molecule has 1 amide bonds. The molecule has 27 heavy (non-hydrogen) atoms. The van der Waals surface area contributed by atoms with Crippen LogP contribution in [0.2, 0.25) is 0 Å². The van der Waals surface area contributed by atoms with E-state index in [2.05, 4.69) is 59.2 Å². The Balaban J connectivity index is 1.68. The summed E-state index contributed by atoms with van der Waals surface area (Å²) in [7, 11) is 0. The van der Waals surface area contributed by atoms with Crippen molar-refractivity contribution in [3.8, 4) is 0 Å². The van der Waals surface area contributed by atoms with E-state index in [1.54, 1.807) is 12.4 Å². The third-order valence-corrected chi connectivity index (χ3v) is 5.12. The minimum absolute atomic E-state index is 0.0199. The molecule has 0 unspecified atom stereocenters. The zero-order valence-corrected chi connectivity index (χ0v) is 16.5. The van der Waals surface area contributed by atoms with Gasteiger partial charge in [-0.25, -0.2) is 9.97 Å². The smallest absolute Gasteiger partial charge is 0.274 e. The lowest BCUT2D eigenvalue weighted by atomic mass is 10.1. The van der Waals surface area contributed by atoms with E-state index in [9.17, 15) is 4.79 Å². The van der Waals surface area contributed by atoms with Gasteiger partial charge < -0.3 is 15.1 Å². The topological polar surface area (TPSA) is 61.4 Å². The van der Waals surface area contributed by atoms with Crippen LogP contribution >= 0.6 is 0 Å². The molecule has 0 bridgehead atoms. The van der Waals surface area contributed by atoms with Gasteiger partial charge in [0.1, 0.15) is 11.5 Å². The molecule has 1 saturated heterocycles. The predicted molar refractivity (Wildman–Crippen MR) is 110 cm³/mol. The molecule has 2 aromatic rings. The molecule has 0 spiro atoms. The van der Waals surface area contributed by atoms with Crippen molar-refractivity contribution in [1.82, 2.24) is 14.9 Å². The molecule has 6 heteroatoms. The highest BCUT2D eigenvalue weighted by Crippen LogP contribution is 2.24. The van der Waals surface area contributed by atoms with Crippen LogP contribution in [0.25, 0.3) is 0 Å². The predicted octanol–water partition coefficient (Wildman–Crippen LogP) is 4.00. The molecule has 1 aliphatic rings. The Hall–Kier alpha value is -2.63. The van der Waals surface area contributed by atoms with Gasteiger partial charge >= 0.3 is 0 Å². The number of likely N-dealkylation sites (tertiary alicyclic amines) is 1. The number of aromatic nitrogens is 2. The highest BCUT2D eigenvalue weighted by atomic mass is 16.2. The first-order chi connectivity index (χ1) is 13.1. The summed E-state index contributed by atoms with van der Waals surface area (Å²) >= 11 is 0. The molecule has 1 aromatic carbocycles. The van der Waals surface area contributed by atoms with Gasteiger partial charge in [0.2, 0.25) is 0 Å². The molecule has 1 fully saturated rings. The number of carbonyl (C=O) groups is 1. The summed E-state index contributed by atoms with van der Waals surface area (Å²) in [5.74, 6) is 0.623. The number of carbonyl (C=O) groups excluding carboxylic acids is 1. The lowest BCUT2D eigenvalue weighted by Gasteiger charge is -2.26. The summed E-state index contributed by atoms with van der Waals surface area (Å²) in [6.45, 7) is 10.0. The number of piperidine rings is 1. The molecular weight excluding hydrogens is 338 g/mol. The molecule has 2 heterocycles. The second kappa shape index (κ2) is 8.84. The van der Waals surface area contributed by atoms with Gasteiger partial charge in [-0.1, -0.05) is 0 Å². The Morgan fingerprint density at radius 2 is 1.85 bits per heavy atom. The lowest BCUT2D eigenvalue weighted by Crippen LogP contribution is -2.36. The molecular formula is C21H29N5O. The van der Waals surface area contributed by atoms with Gasteiger partial charge in [0.05, 0.1) is 12.4 Å². The first kappa shape index (κ1) is 19.1. The fourth-order valence-corrected chi connectivity index (χ4v) is 3.47. The normalized spacial score (nSPS) is 14.1. The number of anilines is 3. The summed E-state index contributed by atoms with van der Waals surface area (Å²) in [6, 6.07) is 6.36. The van der Waals surface area contributed by atoms with Crippen LogP contribution < -0.4 is 10.2 Å². The third kappa shape index (κ3) is 4.56. The fourth-order valence-electron chi connectivity index (χ4n) is 3.47. The van der Waals surface area contributed by atoms with E-state index in [1.165, 1.54) is 12.1 Å². The summed E-state index contributed by atoms with van der Waals surface area (Å²) in [5, 5.41) is 3.30. The summed E-state index contributed by atoms with van der Waals surface area (Å²) in [5.41, 5.74) is 3.78. The molecule has 1 N–H and O–H groups in total. The number of hydrogen-bond acceptors (Lipinski definition) is 5. The van der Waals surface area contributed by atoms with E-state index in [-0.39, 0.29) is 5.91 Å². The van der Waals surface area contributed by atoms with Gasteiger partial charge in [0.25, 0.3) is 5.91 Å². The zero-order chi connectivity index (χ0) is 19.2. The second-order valence-electron chi connectivity index (χ2n) is 6.94. The van der Waals surface area contributed by atoms with Gasteiger partial charge in [-0.15, -0.1) is 0 Å². The minimum Gasteiger partial charge on any atom is -0.372 e. The van der Waals surface area contributed by atoms with E-state index in [0.29, 0.717) is 11.5 Å². The maximum Gasteiger partial charge on any atom is 0.274 e. The number of benzene rings is 1. The SMILES string of the molecule is CCN(CC)c1ccc(Nc2cnc(C(=O)N3CCCCC3)cn2)c(C)c1. The molecule has 6 nitrogen and oxygen atoms in total. The largest absolute Gasteiger partial charge is 0.372 e. The Labute approximate surface area is 161 Å². The lowest BCUT2D eigenvalue weighted by molar-refractivity contribution is 0.0718. The number of amides is 1. The molecule has 1 aliphatic heterocycles. The van der Waals surface area contributed by atoms with Crippen LogP contribution in [0.4, 0.5) is 17.2 Å². The van der Waals surface area contributed by atoms with Crippen LogP contribution in [-0.2, 0) is 0 Å². The van der Waals surface area contributed by atoms with Crippen LogP contribution in [0, 0.1) is 6.92 Å². The average molecular weight is 367 g/mol. The van der Waals surface area contributed by atoms with E-state index in [0.717, 1.165) is 50.3 Å². The standard InChI is InChI=1S/C21H29N5O/c1-4-25(5-2)17-9-10-18(16(3)13-17)24-20-15-22-19(14-23-20)21(27)26-11-7-6-8-12-26/h9-10,13-15H,4-8,11-12H2,1-3H3,(H,23,24). The zero-order valence-electron chi connectivity index (χ0n) is 16.5. The monoisotopic (exact) mass is 367 g/mol. The Kier molecular flexibility index (Phi) is 6.27. The maximum absolute atomic E-state index is 12.5. The van der Waals surface area contributed by atoms with E-state index in [4.69, 9.17) is 0 Å². The van der Waals surface area contributed by atoms with Gasteiger partial charge in [-0.2, -0.15) is 0 Å². The number of nitrogens with zero attached hydrogens (tertiary/aromatic N) is 4. The molecule has 0 aliphatic carbocycles. The summed E-state index contributed by atoms with van der Waals surface area (Å²) in [6.07, 6.45) is 6.54. The van der Waals surface area contributed by atoms with Crippen LogP contribution in [0.5, 0.6) is 0 Å². The Bertz CT molecular complexity index is 765. The van der Waals surface area contributed by atoms with Crippen molar-refractivity contribution < 1.29 is 4.79 Å². The number of rotatable bonds is 6. The van der Waals surface area contributed by atoms with Crippen molar-refractivity contribution in [2.45, 2.75) is 40.0 Å². The molecule has 0 saturated carbocycles. The minimum atomic E-state index is -0.0199. The van der Waals surface area contributed by atoms with Crippen molar-refractivity contribution in [2.24, 2.45) is 0 Å². The van der Waals surface area contributed by atoms with Crippen molar-refractivity contribution >= 4 is 23.1 Å². The number of nitrogens with one attached hydrogen (secondary N) is 1. The molecule has 0 atom stereocenters. The van der Waals surface area contributed by atoms with E-state index < -0.39 is 0 Å². The average Bonchev–Trinajstić information content (AvgIpc) is 2.71. The maximum atomic E-state index is 12.5. The van der Waals surface area contributed by atoms with Gasteiger partial charge in [-0.3, -0.25) is 4.79 Å². The first-order valence-corrected chi connectivity index (χ1v) is 9.86. The highest BCUT2D eigenvalue weighted by molar-refractivity contribution is 5.92. The second-order valence-corrected chi connectivity index (χ2v) is 6.94. The van der Waals surface area contributed by atoms with Crippen LogP contribution in [0.15, 0.2) is 30.6 Å². The van der Waals surface area contributed by atoms with Crippen molar-refractivity contribution in [3.63, 3.8) is 0 Å². The summed E-state index contributed by atoms with van der Waals surface area (Å²) < 4.78 is 0. The first-order valence-electron chi connectivity index (χ1n) is 9.86. The van der Waals surface area contributed by atoms with Crippen LogP contribution in [-0.4, -0.2) is 47.0 Å². The highest BCUT2D eigenvalue weighted by Gasteiger charge is 2.19. The van der Waals surface area contributed by atoms with Crippen molar-refractivity contribution in [2.75, 3.05) is 36.4 Å². The Morgan fingerprint density at radius 3 is 2.44 bits per heavy atom. The quantitative estimate of drug-likeness (QED) is 0.836. The van der Waals surface area contributed by atoms with Gasteiger partial charge in [-0.05, 0) is 63.8 Å². The van der Waals surface area contributed by atoms with Gasteiger partial charge in [0, 0.05) is 37.6 Å². The van der Waals surface area contributed by atoms with E-state index >= 15 is 0 Å². The van der Waals surface area contributed by atoms with E-state index in [1.807, 2.05) is 4.90 Å². The number of hydrogen-bond donors (Lipinski definition) is 1. The molecule has 1 aromatic heterocycles. The van der Waals surface area contributed by atoms with Crippen molar-refractivity contribution in [3.05, 3.63) is 41.9 Å². The van der Waals surface area contributed by atoms with Crippen LogP contribution in [0.3, 0.4) is 0 Å². The molecule has 144 valence electrons. The third-order valence-electron chi connectivity index (χ3n) is 5.12.